The Bertz CT molecular complexity index is 503. The zero-order valence-electron chi connectivity index (χ0n) is 12.1. The summed E-state index contributed by atoms with van der Waals surface area (Å²) in [6.45, 7) is 5.12. The third-order valence-electron chi connectivity index (χ3n) is 4.73. The number of carbonyl (C=O) groups is 1. The second-order valence-corrected chi connectivity index (χ2v) is 5.72. The third-order valence-corrected chi connectivity index (χ3v) is 4.73. The number of ether oxygens (including phenoxy) is 1. The van der Waals surface area contributed by atoms with Crippen molar-refractivity contribution in [2.24, 2.45) is 11.8 Å². The van der Waals surface area contributed by atoms with E-state index in [0.29, 0.717) is 29.2 Å². The van der Waals surface area contributed by atoms with Crippen molar-refractivity contribution in [1.29, 1.82) is 0 Å². The molecule has 1 amide bonds. The first-order valence-corrected chi connectivity index (χ1v) is 7.41. The topological polar surface area (TPSA) is 41.6 Å². The van der Waals surface area contributed by atoms with Crippen LogP contribution in [0, 0.1) is 11.8 Å². The van der Waals surface area contributed by atoms with E-state index in [9.17, 15) is 4.79 Å². The molecule has 2 aliphatic rings. The van der Waals surface area contributed by atoms with Crippen molar-refractivity contribution < 1.29 is 9.53 Å². The molecule has 108 valence electrons. The highest BCUT2D eigenvalue weighted by molar-refractivity contribution is 5.97. The molecule has 1 aromatic rings. The van der Waals surface area contributed by atoms with Crippen LogP contribution in [0.1, 0.15) is 23.7 Å². The van der Waals surface area contributed by atoms with Crippen LogP contribution in [0.15, 0.2) is 24.3 Å². The van der Waals surface area contributed by atoms with Crippen LogP contribution in [0.5, 0.6) is 5.75 Å². The number of rotatable bonds is 3. The SMILES string of the molecule is CCC1C2CNCC2CN1C(=O)c1ccccc1OC. The molecule has 1 aromatic carbocycles. The Balaban J connectivity index is 1.87. The number of benzene rings is 1. The third kappa shape index (κ3) is 2.08. The smallest absolute Gasteiger partial charge is 0.257 e. The molecular weight excluding hydrogens is 252 g/mol. The normalized spacial score (nSPS) is 28.5. The lowest BCUT2D eigenvalue weighted by Gasteiger charge is -2.27. The van der Waals surface area contributed by atoms with Gasteiger partial charge in [0, 0.05) is 25.7 Å². The average Bonchev–Trinajstić information content (AvgIpc) is 3.06. The van der Waals surface area contributed by atoms with E-state index in [0.717, 1.165) is 26.1 Å². The van der Waals surface area contributed by atoms with Crippen molar-refractivity contribution >= 4 is 5.91 Å². The second kappa shape index (κ2) is 5.44. The Kier molecular flexibility index (Phi) is 3.66. The maximum atomic E-state index is 12.9. The summed E-state index contributed by atoms with van der Waals surface area (Å²) in [6.07, 6.45) is 1.02. The standard InChI is InChI=1S/C16H22N2O2/c1-3-14-13-9-17-8-11(13)10-18(14)16(19)12-6-4-5-7-15(12)20-2/h4-7,11,13-14,17H,3,8-10H2,1-2H3. The number of hydrogen-bond acceptors (Lipinski definition) is 3. The number of nitrogens with one attached hydrogen (secondary N) is 1. The van der Waals surface area contributed by atoms with E-state index >= 15 is 0 Å². The molecule has 2 fully saturated rings. The highest BCUT2D eigenvalue weighted by atomic mass is 16.5. The van der Waals surface area contributed by atoms with Gasteiger partial charge in [0.25, 0.3) is 5.91 Å². The quantitative estimate of drug-likeness (QED) is 0.913. The summed E-state index contributed by atoms with van der Waals surface area (Å²) in [5.41, 5.74) is 0.682. The van der Waals surface area contributed by atoms with Crippen molar-refractivity contribution in [2.75, 3.05) is 26.7 Å². The lowest BCUT2D eigenvalue weighted by atomic mass is 9.93. The molecule has 4 heteroatoms. The van der Waals surface area contributed by atoms with Crippen molar-refractivity contribution in [2.45, 2.75) is 19.4 Å². The van der Waals surface area contributed by atoms with Crippen LogP contribution in [0.25, 0.3) is 0 Å². The van der Waals surface area contributed by atoms with Crippen LogP contribution in [0.2, 0.25) is 0 Å². The molecule has 0 aliphatic carbocycles. The molecule has 20 heavy (non-hydrogen) atoms. The number of fused-ring (bicyclic) bond motifs is 1. The molecule has 3 rings (SSSR count). The molecule has 0 spiro atoms. The molecule has 0 saturated carbocycles. The monoisotopic (exact) mass is 274 g/mol. The number of carbonyl (C=O) groups excluding carboxylic acids is 1. The minimum absolute atomic E-state index is 0.115. The highest BCUT2D eigenvalue weighted by Gasteiger charge is 2.45. The predicted molar refractivity (Wildman–Crippen MR) is 78.0 cm³/mol. The molecule has 1 N–H and O–H groups in total. The van der Waals surface area contributed by atoms with Crippen molar-refractivity contribution in [3.05, 3.63) is 29.8 Å². The van der Waals surface area contributed by atoms with Crippen LogP contribution in [0.3, 0.4) is 0 Å². The minimum Gasteiger partial charge on any atom is -0.496 e. The van der Waals surface area contributed by atoms with Gasteiger partial charge in [0.15, 0.2) is 0 Å². The van der Waals surface area contributed by atoms with Gasteiger partial charge in [0.1, 0.15) is 5.75 Å². The first-order valence-electron chi connectivity index (χ1n) is 7.41. The number of amides is 1. The Morgan fingerprint density at radius 2 is 2.20 bits per heavy atom. The number of likely N-dealkylation sites (tertiary alicyclic amines) is 1. The van der Waals surface area contributed by atoms with E-state index in [1.165, 1.54) is 0 Å². The molecule has 2 saturated heterocycles. The van der Waals surface area contributed by atoms with Crippen LogP contribution < -0.4 is 10.1 Å². The van der Waals surface area contributed by atoms with Gasteiger partial charge >= 0.3 is 0 Å². The molecule has 3 unspecified atom stereocenters. The fraction of sp³-hybridized carbons (Fsp3) is 0.562. The molecule has 2 heterocycles. The first kappa shape index (κ1) is 13.4. The van der Waals surface area contributed by atoms with E-state index < -0.39 is 0 Å². The summed E-state index contributed by atoms with van der Waals surface area (Å²) >= 11 is 0. The zero-order valence-corrected chi connectivity index (χ0v) is 12.1. The first-order chi connectivity index (χ1) is 9.76. The van der Waals surface area contributed by atoms with Gasteiger partial charge in [-0.2, -0.15) is 0 Å². The Labute approximate surface area is 120 Å². The molecule has 0 aromatic heterocycles. The number of methoxy groups -OCH3 is 1. The van der Waals surface area contributed by atoms with Crippen molar-refractivity contribution in [3.8, 4) is 5.75 Å². The minimum atomic E-state index is 0.115. The fourth-order valence-electron chi connectivity index (χ4n) is 3.76. The maximum Gasteiger partial charge on any atom is 0.257 e. The zero-order chi connectivity index (χ0) is 14.1. The maximum absolute atomic E-state index is 12.9. The average molecular weight is 274 g/mol. The van der Waals surface area contributed by atoms with Gasteiger partial charge in [-0.1, -0.05) is 19.1 Å². The lowest BCUT2D eigenvalue weighted by Crippen LogP contribution is -2.39. The molecule has 4 nitrogen and oxygen atoms in total. The summed E-state index contributed by atoms with van der Waals surface area (Å²) in [5, 5.41) is 3.45. The van der Waals surface area contributed by atoms with Gasteiger partial charge in [-0.3, -0.25) is 4.79 Å². The molecule has 0 bridgehead atoms. The van der Waals surface area contributed by atoms with Crippen LogP contribution >= 0.6 is 0 Å². The molecule has 2 aliphatic heterocycles. The van der Waals surface area contributed by atoms with E-state index in [1.807, 2.05) is 24.3 Å². The van der Waals surface area contributed by atoms with Gasteiger partial charge in [-0.05, 0) is 30.4 Å². The van der Waals surface area contributed by atoms with Crippen molar-refractivity contribution in [3.63, 3.8) is 0 Å². The van der Waals surface area contributed by atoms with E-state index in [-0.39, 0.29) is 5.91 Å². The van der Waals surface area contributed by atoms with Gasteiger partial charge in [0.05, 0.1) is 12.7 Å². The summed E-state index contributed by atoms with van der Waals surface area (Å²) in [6, 6.07) is 7.87. The summed E-state index contributed by atoms with van der Waals surface area (Å²) < 4.78 is 5.33. The molecular formula is C16H22N2O2. The summed E-state index contributed by atoms with van der Waals surface area (Å²) in [7, 11) is 1.62. The number of nitrogens with zero attached hydrogens (tertiary/aromatic N) is 1. The van der Waals surface area contributed by atoms with E-state index in [1.54, 1.807) is 7.11 Å². The van der Waals surface area contributed by atoms with Crippen LogP contribution in [0.4, 0.5) is 0 Å². The van der Waals surface area contributed by atoms with Gasteiger partial charge in [-0.15, -0.1) is 0 Å². The molecule has 0 radical (unpaired) electrons. The fourth-order valence-corrected chi connectivity index (χ4v) is 3.76. The Hall–Kier alpha value is -1.55. The number of hydrogen-bond donors (Lipinski definition) is 1. The summed E-state index contributed by atoms with van der Waals surface area (Å²) in [5.74, 6) is 2.00. The lowest BCUT2D eigenvalue weighted by molar-refractivity contribution is 0.0708. The Morgan fingerprint density at radius 3 is 2.95 bits per heavy atom. The number of para-hydroxylation sites is 1. The van der Waals surface area contributed by atoms with Gasteiger partial charge in [-0.25, -0.2) is 0 Å². The largest absolute Gasteiger partial charge is 0.496 e. The summed E-state index contributed by atoms with van der Waals surface area (Å²) in [4.78, 5) is 14.9. The van der Waals surface area contributed by atoms with Gasteiger partial charge in [0.2, 0.25) is 0 Å². The highest BCUT2D eigenvalue weighted by Crippen LogP contribution is 2.36. The Morgan fingerprint density at radius 1 is 1.40 bits per heavy atom. The second-order valence-electron chi connectivity index (χ2n) is 5.72. The van der Waals surface area contributed by atoms with Crippen LogP contribution in [-0.2, 0) is 0 Å². The predicted octanol–water partition coefficient (Wildman–Crippen LogP) is 1.77. The van der Waals surface area contributed by atoms with Gasteiger partial charge < -0.3 is 15.0 Å². The van der Waals surface area contributed by atoms with E-state index in [2.05, 4.69) is 17.1 Å². The van der Waals surface area contributed by atoms with E-state index in [4.69, 9.17) is 4.74 Å². The molecule has 3 atom stereocenters. The van der Waals surface area contributed by atoms with Crippen LogP contribution in [-0.4, -0.2) is 43.6 Å². The van der Waals surface area contributed by atoms with Crippen molar-refractivity contribution in [1.82, 2.24) is 10.2 Å².